The number of benzene rings is 2. The van der Waals surface area contributed by atoms with Crippen LogP contribution in [0.15, 0.2) is 66.0 Å². The average Bonchev–Trinajstić information content (AvgIpc) is 3.22. The summed E-state index contributed by atoms with van der Waals surface area (Å²) in [5, 5.41) is 1.36. The molecule has 3 heterocycles. The molecule has 5 rings (SSSR count). The Labute approximate surface area is 179 Å². The summed E-state index contributed by atoms with van der Waals surface area (Å²) in [4.78, 5) is 16.3. The highest BCUT2D eigenvalue weighted by atomic mass is 32.2. The predicted molar refractivity (Wildman–Crippen MR) is 117 cm³/mol. The van der Waals surface area contributed by atoms with Gasteiger partial charge in [0.25, 0.3) is 0 Å². The van der Waals surface area contributed by atoms with Crippen LogP contribution in [0.2, 0.25) is 0 Å². The smallest absolute Gasteiger partial charge is 0.234 e. The second-order valence-electron chi connectivity index (χ2n) is 7.60. The lowest BCUT2D eigenvalue weighted by atomic mass is 9.86. The Bertz CT molecular complexity index is 1140. The SMILES string of the molecule is O=C(C1c2ccccc2Oc2ccccc21)N1CC[C@@H](c2cccs2)S(=O)(=O)CC1. The van der Waals surface area contributed by atoms with E-state index in [1.54, 1.807) is 4.90 Å². The highest BCUT2D eigenvalue weighted by Crippen LogP contribution is 2.45. The molecule has 2 aliphatic heterocycles. The fraction of sp³-hybridized carbons (Fsp3) is 0.261. The maximum Gasteiger partial charge on any atom is 0.234 e. The van der Waals surface area contributed by atoms with Gasteiger partial charge in [0.1, 0.15) is 11.5 Å². The third-order valence-corrected chi connectivity index (χ3v) is 9.08. The van der Waals surface area contributed by atoms with E-state index in [0.717, 1.165) is 16.0 Å². The van der Waals surface area contributed by atoms with E-state index in [9.17, 15) is 13.2 Å². The number of hydrogen-bond acceptors (Lipinski definition) is 5. The van der Waals surface area contributed by atoms with Gasteiger partial charge in [-0.1, -0.05) is 42.5 Å². The quantitative estimate of drug-likeness (QED) is 0.595. The third-order valence-electron chi connectivity index (χ3n) is 5.84. The molecule has 0 spiro atoms. The van der Waals surface area contributed by atoms with Crippen molar-refractivity contribution in [1.82, 2.24) is 4.90 Å². The summed E-state index contributed by atoms with van der Waals surface area (Å²) in [5.41, 5.74) is 1.64. The molecule has 2 aromatic carbocycles. The minimum absolute atomic E-state index is 0.0200. The lowest BCUT2D eigenvalue weighted by molar-refractivity contribution is -0.131. The third kappa shape index (κ3) is 3.32. The molecule has 0 aliphatic carbocycles. The van der Waals surface area contributed by atoms with Crippen molar-refractivity contribution in [1.29, 1.82) is 0 Å². The zero-order chi connectivity index (χ0) is 20.7. The fourth-order valence-corrected chi connectivity index (χ4v) is 7.32. The number of carbonyl (C=O) groups excluding carboxylic acids is 1. The van der Waals surface area contributed by atoms with E-state index in [0.29, 0.717) is 24.5 Å². The van der Waals surface area contributed by atoms with Crippen LogP contribution in [0, 0.1) is 0 Å². The molecule has 0 bridgehead atoms. The second-order valence-corrected chi connectivity index (χ2v) is 10.9. The van der Waals surface area contributed by atoms with Gasteiger partial charge in [-0.05, 0) is 30.0 Å². The first kappa shape index (κ1) is 19.3. The molecule has 1 saturated heterocycles. The summed E-state index contributed by atoms with van der Waals surface area (Å²) >= 11 is 1.46. The number of thiophene rings is 1. The Morgan fingerprint density at radius 2 is 1.60 bits per heavy atom. The number of para-hydroxylation sites is 2. The fourth-order valence-electron chi connectivity index (χ4n) is 4.32. The first-order valence-corrected chi connectivity index (χ1v) is 12.5. The van der Waals surface area contributed by atoms with Crippen molar-refractivity contribution in [3.63, 3.8) is 0 Å². The Kier molecular flexibility index (Phi) is 4.87. The van der Waals surface area contributed by atoms with Crippen molar-refractivity contribution >= 4 is 27.1 Å². The first-order chi connectivity index (χ1) is 14.5. The van der Waals surface area contributed by atoms with Crippen LogP contribution in [0.5, 0.6) is 11.5 Å². The standard InChI is InChI=1S/C23H21NO4S2/c25-23(24-12-11-21(20-10-5-14-29-20)30(26,27)15-13-24)22-16-6-1-3-8-18(16)28-19-9-4-2-7-17(19)22/h1-10,14,21-22H,11-13,15H2/t21-/m0/s1. The molecule has 1 aromatic heterocycles. The highest BCUT2D eigenvalue weighted by molar-refractivity contribution is 7.91. The molecular weight excluding hydrogens is 418 g/mol. The van der Waals surface area contributed by atoms with Crippen molar-refractivity contribution in [2.45, 2.75) is 17.6 Å². The van der Waals surface area contributed by atoms with E-state index >= 15 is 0 Å². The Hall–Kier alpha value is -2.64. The molecule has 0 N–H and O–H groups in total. The van der Waals surface area contributed by atoms with Crippen LogP contribution in [0.1, 0.15) is 33.6 Å². The maximum atomic E-state index is 13.7. The van der Waals surface area contributed by atoms with Gasteiger partial charge >= 0.3 is 0 Å². The molecule has 154 valence electrons. The summed E-state index contributed by atoms with van der Waals surface area (Å²) in [6, 6.07) is 18.9. The minimum atomic E-state index is -3.31. The van der Waals surface area contributed by atoms with Gasteiger partial charge in [-0.25, -0.2) is 8.42 Å². The van der Waals surface area contributed by atoms with Gasteiger partial charge in [-0.3, -0.25) is 4.79 Å². The van der Waals surface area contributed by atoms with Gasteiger partial charge in [-0.2, -0.15) is 0 Å². The van der Waals surface area contributed by atoms with Crippen LogP contribution in [-0.4, -0.2) is 38.1 Å². The molecule has 1 atom stereocenters. The summed E-state index contributed by atoms with van der Waals surface area (Å²) in [6.07, 6.45) is 0.418. The van der Waals surface area contributed by atoms with Gasteiger partial charge in [-0.15, -0.1) is 11.3 Å². The molecule has 0 radical (unpaired) electrons. The lowest BCUT2D eigenvalue weighted by Gasteiger charge is -2.31. The zero-order valence-corrected chi connectivity index (χ0v) is 17.9. The number of fused-ring (bicyclic) bond motifs is 2. The molecular formula is C23H21NO4S2. The van der Waals surface area contributed by atoms with Crippen molar-refractivity contribution in [2.75, 3.05) is 18.8 Å². The van der Waals surface area contributed by atoms with Gasteiger partial charge in [0.05, 0.1) is 16.9 Å². The molecule has 2 aliphatic rings. The van der Waals surface area contributed by atoms with Gasteiger partial charge in [0.2, 0.25) is 5.91 Å². The average molecular weight is 440 g/mol. The van der Waals surface area contributed by atoms with Crippen molar-refractivity contribution in [2.24, 2.45) is 0 Å². The molecule has 30 heavy (non-hydrogen) atoms. The lowest BCUT2D eigenvalue weighted by Crippen LogP contribution is -2.38. The van der Waals surface area contributed by atoms with E-state index < -0.39 is 21.0 Å². The molecule has 0 saturated carbocycles. The Balaban J connectivity index is 1.48. The van der Waals surface area contributed by atoms with Crippen molar-refractivity contribution in [3.05, 3.63) is 82.0 Å². The Morgan fingerprint density at radius 1 is 0.933 bits per heavy atom. The van der Waals surface area contributed by atoms with E-state index in [1.165, 1.54) is 11.3 Å². The molecule has 1 fully saturated rings. The van der Waals surface area contributed by atoms with Gasteiger partial charge in [0, 0.05) is 29.1 Å². The van der Waals surface area contributed by atoms with Crippen LogP contribution in [0.3, 0.4) is 0 Å². The monoisotopic (exact) mass is 439 g/mol. The number of amides is 1. The van der Waals surface area contributed by atoms with Gasteiger partial charge in [0.15, 0.2) is 9.84 Å². The molecule has 5 nitrogen and oxygen atoms in total. The van der Waals surface area contributed by atoms with E-state index in [-0.39, 0.29) is 18.2 Å². The zero-order valence-electron chi connectivity index (χ0n) is 16.2. The summed E-state index contributed by atoms with van der Waals surface area (Å²) in [5.74, 6) is 0.766. The number of carbonyl (C=O) groups is 1. The van der Waals surface area contributed by atoms with Crippen LogP contribution in [0.4, 0.5) is 0 Å². The minimum Gasteiger partial charge on any atom is -0.457 e. The van der Waals surface area contributed by atoms with Crippen LogP contribution < -0.4 is 4.74 Å². The van der Waals surface area contributed by atoms with Crippen LogP contribution >= 0.6 is 11.3 Å². The van der Waals surface area contributed by atoms with E-state index in [1.807, 2.05) is 66.0 Å². The number of nitrogens with zero attached hydrogens (tertiary/aromatic N) is 1. The maximum absolute atomic E-state index is 13.7. The molecule has 0 unspecified atom stereocenters. The molecule has 3 aromatic rings. The van der Waals surface area contributed by atoms with E-state index in [2.05, 4.69) is 0 Å². The van der Waals surface area contributed by atoms with Gasteiger partial charge < -0.3 is 9.64 Å². The van der Waals surface area contributed by atoms with Crippen molar-refractivity contribution in [3.8, 4) is 11.5 Å². The summed E-state index contributed by atoms with van der Waals surface area (Å²) in [7, 11) is -3.31. The van der Waals surface area contributed by atoms with Crippen LogP contribution in [-0.2, 0) is 14.6 Å². The number of ether oxygens (including phenoxy) is 1. The number of rotatable bonds is 2. The van der Waals surface area contributed by atoms with Crippen molar-refractivity contribution < 1.29 is 17.9 Å². The highest BCUT2D eigenvalue weighted by Gasteiger charge is 2.38. The largest absolute Gasteiger partial charge is 0.457 e. The topological polar surface area (TPSA) is 63.7 Å². The Morgan fingerprint density at radius 3 is 2.23 bits per heavy atom. The summed E-state index contributed by atoms with van der Waals surface area (Å²) < 4.78 is 31.8. The van der Waals surface area contributed by atoms with Crippen LogP contribution in [0.25, 0.3) is 0 Å². The van der Waals surface area contributed by atoms with E-state index in [4.69, 9.17) is 4.74 Å². The summed E-state index contributed by atoms with van der Waals surface area (Å²) in [6.45, 7) is 0.632. The number of sulfone groups is 1. The number of hydrogen-bond donors (Lipinski definition) is 0. The molecule has 7 heteroatoms. The normalized spacial score (nSPS) is 20.5. The second kappa shape index (κ2) is 7.56. The predicted octanol–water partition coefficient (Wildman–Crippen LogP) is 4.37. The molecule has 1 amide bonds. The first-order valence-electron chi connectivity index (χ1n) is 9.94.